The molecular weight excluding hydrogens is 310 g/mol. The van der Waals surface area contributed by atoms with Crippen LogP contribution in [0.15, 0.2) is 29.2 Å². The fourth-order valence-electron chi connectivity index (χ4n) is 2.82. The van der Waals surface area contributed by atoms with Gasteiger partial charge in [-0.3, -0.25) is 9.59 Å². The number of thioether (sulfide) groups is 1. The number of rotatable bonds is 6. The summed E-state index contributed by atoms with van der Waals surface area (Å²) in [7, 11) is 0. The topological polar surface area (TPSA) is 57.6 Å². The van der Waals surface area contributed by atoms with Gasteiger partial charge in [0.2, 0.25) is 5.91 Å². The molecular formula is C18H25NO3S. The second kappa shape index (κ2) is 8.39. The predicted molar refractivity (Wildman–Crippen MR) is 92.8 cm³/mol. The van der Waals surface area contributed by atoms with Crippen LogP contribution in [-0.2, 0) is 9.59 Å². The van der Waals surface area contributed by atoms with Crippen LogP contribution < -0.4 is 0 Å². The number of carboxylic acids is 1. The van der Waals surface area contributed by atoms with Crippen LogP contribution in [-0.4, -0.2) is 40.7 Å². The predicted octanol–water partition coefficient (Wildman–Crippen LogP) is 3.62. The quantitative estimate of drug-likeness (QED) is 0.807. The Morgan fingerprint density at radius 2 is 1.83 bits per heavy atom. The van der Waals surface area contributed by atoms with E-state index < -0.39 is 5.97 Å². The zero-order valence-corrected chi connectivity index (χ0v) is 14.6. The van der Waals surface area contributed by atoms with E-state index >= 15 is 0 Å². The first-order valence-corrected chi connectivity index (χ1v) is 9.16. The fraction of sp³-hybridized carbons (Fsp3) is 0.556. The first-order chi connectivity index (χ1) is 11.0. The number of hydrogen-bond donors (Lipinski definition) is 1. The molecule has 5 heteroatoms. The van der Waals surface area contributed by atoms with Crippen molar-refractivity contribution in [1.82, 2.24) is 4.90 Å². The Balaban J connectivity index is 1.76. The van der Waals surface area contributed by atoms with E-state index in [4.69, 9.17) is 5.11 Å². The van der Waals surface area contributed by atoms with Crippen LogP contribution in [0.25, 0.3) is 0 Å². The molecule has 0 saturated carbocycles. The van der Waals surface area contributed by atoms with Gasteiger partial charge < -0.3 is 10.0 Å². The van der Waals surface area contributed by atoms with E-state index in [0.29, 0.717) is 24.8 Å². The monoisotopic (exact) mass is 335 g/mol. The number of piperidine rings is 1. The molecule has 2 rings (SSSR count). The lowest BCUT2D eigenvalue weighted by atomic mass is 9.94. The summed E-state index contributed by atoms with van der Waals surface area (Å²) in [4.78, 5) is 26.0. The molecule has 1 aliphatic heterocycles. The molecule has 1 fully saturated rings. The van der Waals surface area contributed by atoms with Gasteiger partial charge in [-0.25, -0.2) is 0 Å². The third-order valence-electron chi connectivity index (χ3n) is 4.34. The van der Waals surface area contributed by atoms with Gasteiger partial charge in [0.1, 0.15) is 0 Å². The van der Waals surface area contributed by atoms with Gasteiger partial charge in [0, 0.05) is 24.4 Å². The lowest BCUT2D eigenvalue weighted by molar-refractivity contribution is -0.138. The van der Waals surface area contributed by atoms with Gasteiger partial charge >= 0.3 is 5.97 Å². The van der Waals surface area contributed by atoms with Gasteiger partial charge in [0.25, 0.3) is 0 Å². The van der Waals surface area contributed by atoms with Crippen molar-refractivity contribution in [2.75, 3.05) is 18.8 Å². The van der Waals surface area contributed by atoms with Crippen molar-refractivity contribution >= 4 is 23.6 Å². The highest BCUT2D eigenvalue weighted by Crippen LogP contribution is 2.24. The molecule has 126 valence electrons. The summed E-state index contributed by atoms with van der Waals surface area (Å²) >= 11 is 1.57. The molecule has 1 saturated heterocycles. The number of amides is 1. The van der Waals surface area contributed by atoms with Crippen molar-refractivity contribution < 1.29 is 14.7 Å². The molecule has 0 radical (unpaired) electrons. The molecule has 0 spiro atoms. The highest BCUT2D eigenvalue weighted by molar-refractivity contribution is 8.00. The Hall–Kier alpha value is -1.49. The molecule has 1 aromatic carbocycles. The Labute approximate surface area is 142 Å². The average molecular weight is 335 g/mol. The molecule has 23 heavy (non-hydrogen) atoms. The van der Waals surface area contributed by atoms with E-state index in [0.717, 1.165) is 17.7 Å². The first-order valence-electron chi connectivity index (χ1n) is 8.18. The van der Waals surface area contributed by atoms with Crippen LogP contribution in [0.2, 0.25) is 0 Å². The molecule has 1 heterocycles. The van der Waals surface area contributed by atoms with Crippen molar-refractivity contribution in [3.8, 4) is 0 Å². The number of carbonyl (C=O) groups is 2. The van der Waals surface area contributed by atoms with E-state index in [1.165, 1.54) is 5.56 Å². The Morgan fingerprint density at radius 1 is 1.22 bits per heavy atom. The van der Waals surface area contributed by atoms with Gasteiger partial charge in [0.15, 0.2) is 0 Å². The lowest BCUT2D eigenvalue weighted by Crippen LogP contribution is -2.39. The van der Waals surface area contributed by atoms with Gasteiger partial charge in [-0.15, -0.1) is 11.8 Å². The molecule has 0 aromatic heterocycles. The summed E-state index contributed by atoms with van der Waals surface area (Å²) in [5.74, 6) is 0.590. The van der Waals surface area contributed by atoms with Crippen molar-refractivity contribution in [2.24, 2.45) is 5.92 Å². The molecule has 0 unspecified atom stereocenters. The van der Waals surface area contributed by atoms with E-state index in [9.17, 15) is 9.59 Å². The number of benzene rings is 1. The van der Waals surface area contributed by atoms with Crippen LogP contribution in [0.1, 0.15) is 44.6 Å². The first kappa shape index (κ1) is 17.9. The highest BCUT2D eigenvalue weighted by atomic mass is 32.2. The summed E-state index contributed by atoms with van der Waals surface area (Å²) in [5, 5.41) is 8.82. The average Bonchev–Trinajstić information content (AvgIpc) is 2.53. The highest BCUT2D eigenvalue weighted by Gasteiger charge is 2.24. The summed E-state index contributed by atoms with van der Waals surface area (Å²) in [5.41, 5.74) is 1.31. The van der Waals surface area contributed by atoms with E-state index in [1.54, 1.807) is 11.8 Å². The van der Waals surface area contributed by atoms with E-state index in [-0.39, 0.29) is 18.2 Å². The second-order valence-electron chi connectivity index (χ2n) is 6.43. The molecule has 1 aliphatic rings. The molecule has 0 atom stereocenters. The molecule has 0 aliphatic carbocycles. The van der Waals surface area contributed by atoms with Crippen molar-refractivity contribution in [3.05, 3.63) is 29.8 Å². The van der Waals surface area contributed by atoms with Crippen molar-refractivity contribution in [3.63, 3.8) is 0 Å². The Kier molecular flexibility index (Phi) is 6.51. The van der Waals surface area contributed by atoms with E-state index in [2.05, 4.69) is 38.1 Å². The number of carboxylic acid groups (broad SMARTS) is 1. The largest absolute Gasteiger partial charge is 0.481 e. The summed E-state index contributed by atoms with van der Waals surface area (Å²) in [6, 6.07) is 8.39. The number of hydrogen-bond acceptors (Lipinski definition) is 3. The van der Waals surface area contributed by atoms with Crippen molar-refractivity contribution in [1.29, 1.82) is 0 Å². The molecule has 4 nitrogen and oxygen atoms in total. The maximum Gasteiger partial charge on any atom is 0.303 e. The van der Waals surface area contributed by atoms with Crippen LogP contribution in [0, 0.1) is 5.92 Å². The number of carbonyl (C=O) groups excluding carboxylic acids is 1. The third kappa shape index (κ3) is 5.57. The SMILES string of the molecule is CC(C)c1ccc(SCC(=O)N2CCC(CC(=O)O)CC2)cc1. The summed E-state index contributed by atoms with van der Waals surface area (Å²) in [6.07, 6.45) is 1.82. The zero-order chi connectivity index (χ0) is 16.8. The van der Waals surface area contributed by atoms with Gasteiger partial charge in [0.05, 0.1) is 5.75 Å². The lowest BCUT2D eigenvalue weighted by Gasteiger charge is -2.31. The minimum Gasteiger partial charge on any atom is -0.481 e. The zero-order valence-electron chi connectivity index (χ0n) is 13.8. The Morgan fingerprint density at radius 3 is 2.35 bits per heavy atom. The molecule has 1 amide bonds. The maximum absolute atomic E-state index is 12.3. The Bertz CT molecular complexity index is 534. The van der Waals surface area contributed by atoms with Crippen LogP contribution >= 0.6 is 11.8 Å². The van der Waals surface area contributed by atoms with Gasteiger partial charge in [-0.2, -0.15) is 0 Å². The molecule has 0 bridgehead atoms. The molecule has 1 aromatic rings. The normalized spacial score (nSPS) is 15.9. The molecule has 1 N–H and O–H groups in total. The minimum absolute atomic E-state index is 0.150. The number of aliphatic carboxylic acids is 1. The van der Waals surface area contributed by atoms with Crippen LogP contribution in [0.3, 0.4) is 0 Å². The van der Waals surface area contributed by atoms with E-state index in [1.807, 2.05) is 4.90 Å². The van der Waals surface area contributed by atoms with Gasteiger partial charge in [-0.05, 0) is 42.4 Å². The van der Waals surface area contributed by atoms with Gasteiger partial charge in [-0.1, -0.05) is 26.0 Å². The maximum atomic E-state index is 12.3. The number of likely N-dealkylation sites (tertiary alicyclic amines) is 1. The van der Waals surface area contributed by atoms with Crippen LogP contribution in [0.4, 0.5) is 0 Å². The number of nitrogens with zero attached hydrogens (tertiary/aromatic N) is 1. The third-order valence-corrected chi connectivity index (χ3v) is 5.34. The van der Waals surface area contributed by atoms with Crippen molar-refractivity contribution in [2.45, 2.75) is 43.9 Å². The fourth-order valence-corrected chi connectivity index (χ4v) is 3.62. The van der Waals surface area contributed by atoms with Crippen LogP contribution in [0.5, 0.6) is 0 Å². The second-order valence-corrected chi connectivity index (χ2v) is 7.48. The summed E-state index contributed by atoms with van der Waals surface area (Å²) < 4.78 is 0. The minimum atomic E-state index is -0.741. The summed E-state index contributed by atoms with van der Waals surface area (Å²) in [6.45, 7) is 5.70. The standard InChI is InChI=1S/C18H25NO3S/c1-13(2)15-3-5-16(6-4-15)23-12-17(20)19-9-7-14(8-10-19)11-18(21)22/h3-6,13-14H,7-12H2,1-2H3,(H,21,22). The smallest absolute Gasteiger partial charge is 0.303 e.